The molecule has 0 N–H and O–H groups in total. The highest BCUT2D eigenvalue weighted by Crippen LogP contribution is 2.22. The second-order valence-electron chi connectivity index (χ2n) is 5.30. The number of halogens is 2. The fraction of sp³-hybridized carbons (Fsp3) is 0.167. The molecule has 2 rings (SSSR count). The molecule has 0 spiro atoms. The molecule has 0 atom stereocenters. The van der Waals surface area contributed by atoms with Crippen molar-refractivity contribution in [3.05, 3.63) is 75.3 Å². The van der Waals surface area contributed by atoms with Gasteiger partial charge in [-0.1, -0.05) is 53.5 Å². The zero-order valence-electron chi connectivity index (χ0n) is 12.5. The van der Waals surface area contributed by atoms with Crippen molar-refractivity contribution in [1.29, 1.82) is 0 Å². The van der Waals surface area contributed by atoms with Gasteiger partial charge in [-0.2, -0.15) is 0 Å². The molecule has 0 fully saturated rings. The van der Waals surface area contributed by atoms with Crippen LogP contribution in [0.5, 0.6) is 0 Å². The van der Waals surface area contributed by atoms with Crippen molar-refractivity contribution in [2.45, 2.75) is 6.54 Å². The minimum Gasteiger partial charge on any atom is -0.305 e. The van der Waals surface area contributed by atoms with Gasteiger partial charge in [0.05, 0.1) is 5.02 Å². The van der Waals surface area contributed by atoms with E-state index in [4.69, 9.17) is 23.2 Å². The lowest BCUT2D eigenvalue weighted by atomic mass is 10.1. The summed E-state index contributed by atoms with van der Waals surface area (Å²) in [6, 6.07) is 12.9. The first-order chi connectivity index (χ1) is 10.5. The van der Waals surface area contributed by atoms with Crippen molar-refractivity contribution in [2.75, 3.05) is 14.1 Å². The molecule has 0 heterocycles. The van der Waals surface area contributed by atoms with Crippen molar-refractivity contribution < 1.29 is 4.79 Å². The molecule has 2 aromatic rings. The Labute approximate surface area is 141 Å². The smallest absolute Gasteiger partial charge is 0.187 e. The summed E-state index contributed by atoms with van der Waals surface area (Å²) in [6.45, 7) is 0.860. The molecule has 4 heteroatoms. The molecule has 0 bridgehead atoms. The summed E-state index contributed by atoms with van der Waals surface area (Å²) >= 11 is 11.9. The van der Waals surface area contributed by atoms with Crippen LogP contribution in [0, 0.1) is 0 Å². The van der Waals surface area contributed by atoms with E-state index in [1.807, 2.05) is 26.2 Å². The Bertz CT molecular complexity index is 708. The minimum absolute atomic E-state index is 0.139. The number of carbonyl (C=O) groups is 1. The minimum atomic E-state index is -0.139. The van der Waals surface area contributed by atoms with E-state index in [2.05, 4.69) is 17.0 Å². The summed E-state index contributed by atoms with van der Waals surface area (Å²) in [5, 5.41) is 0.880. The lowest BCUT2D eigenvalue weighted by molar-refractivity contribution is 0.104. The normalized spacial score (nSPS) is 11.3. The van der Waals surface area contributed by atoms with Gasteiger partial charge in [-0.15, -0.1) is 0 Å². The summed E-state index contributed by atoms with van der Waals surface area (Å²) in [7, 11) is 4.04. The Kier molecular flexibility index (Phi) is 5.78. The first kappa shape index (κ1) is 16.8. The van der Waals surface area contributed by atoms with Crippen LogP contribution in [-0.2, 0) is 6.54 Å². The Morgan fingerprint density at radius 3 is 2.59 bits per heavy atom. The number of nitrogens with zero attached hydrogens (tertiary/aromatic N) is 1. The third kappa shape index (κ3) is 4.70. The molecule has 0 amide bonds. The third-order valence-corrected chi connectivity index (χ3v) is 3.62. The van der Waals surface area contributed by atoms with Gasteiger partial charge < -0.3 is 4.90 Å². The van der Waals surface area contributed by atoms with Gasteiger partial charge in [-0.3, -0.25) is 4.79 Å². The zero-order chi connectivity index (χ0) is 16.1. The maximum atomic E-state index is 12.2. The molecule has 0 radical (unpaired) electrons. The Morgan fingerprint density at radius 1 is 1.14 bits per heavy atom. The largest absolute Gasteiger partial charge is 0.305 e. The van der Waals surface area contributed by atoms with Crippen LogP contribution >= 0.6 is 23.2 Å². The van der Waals surface area contributed by atoms with Gasteiger partial charge in [0.2, 0.25) is 0 Å². The first-order valence-corrected chi connectivity index (χ1v) is 7.62. The molecule has 0 unspecified atom stereocenters. The van der Waals surface area contributed by atoms with Gasteiger partial charge in [0.1, 0.15) is 0 Å². The monoisotopic (exact) mass is 333 g/mol. The van der Waals surface area contributed by atoms with Crippen LogP contribution in [0.2, 0.25) is 10.0 Å². The fourth-order valence-corrected chi connectivity index (χ4v) is 2.61. The van der Waals surface area contributed by atoms with Gasteiger partial charge in [0.25, 0.3) is 0 Å². The topological polar surface area (TPSA) is 20.3 Å². The molecule has 2 aromatic carbocycles. The summed E-state index contributed by atoms with van der Waals surface area (Å²) in [5.74, 6) is -0.139. The number of hydrogen-bond acceptors (Lipinski definition) is 2. The van der Waals surface area contributed by atoms with E-state index in [0.29, 0.717) is 15.6 Å². The Morgan fingerprint density at radius 2 is 1.91 bits per heavy atom. The molecule has 0 aliphatic heterocycles. The summed E-state index contributed by atoms with van der Waals surface area (Å²) in [4.78, 5) is 14.3. The van der Waals surface area contributed by atoms with Crippen LogP contribution in [0.3, 0.4) is 0 Å². The predicted octanol–water partition coefficient (Wildman–Crippen LogP) is 4.95. The van der Waals surface area contributed by atoms with Crippen LogP contribution in [0.25, 0.3) is 6.08 Å². The van der Waals surface area contributed by atoms with E-state index >= 15 is 0 Å². The molecule has 114 valence electrons. The second-order valence-corrected chi connectivity index (χ2v) is 6.15. The highest BCUT2D eigenvalue weighted by molar-refractivity contribution is 6.37. The molecule has 0 aliphatic rings. The summed E-state index contributed by atoms with van der Waals surface area (Å²) < 4.78 is 0. The van der Waals surface area contributed by atoms with E-state index in [1.165, 1.54) is 11.6 Å². The highest BCUT2D eigenvalue weighted by atomic mass is 35.5. The van der Waals surface area contributed by atoms with Gasteiger partial charge in [0, 0.05) is 17.1 Å². The highest BCUT2D eigenvalue weighted by Gasteiger charge is 2.07. The molecule has 0 aromatic heterocycles. The van der Waals surface area contributed by atoms with Crippen LogP contribution in [0.4, 0.5) is 0 Å². The number of carbonyl (C=O) groups excluding carboxylic acids is 1. The van der Waals surface area contributed by atoms with Crippen molar-refractivity contribution >= 4 is 35.1 Å². The summed E-state index contributed by atoms with van der Waals surface area (Å²) in [6.07, 6.45) is 3.33. The van der Waals surface area contributed by atoms with Crippen molar-refractivity contribution in [3.8, 4) is 0 Å². The van der Waals surface area contributed by atoms with Crippen LogP contribution < -0.4 is 0 Å². The van der Waals surface area contributed by atoms with E-state index in [1.54, 1.807) is 24.3 Å². The SMILES string of the molecule is CN(C)Cc1cccc(/C=C/C(=O)c2ccc(Cl)cc2Cl)c1. The fourth-order valence-electron chi connectivity index (χ4n) is 2.11. The average Bonchev–Trinajstić information content (AvgIpc) is 2.44. The van der Waals surface area contributed by atoms with Gasteiger partial charge in [-0.25, -0.2) is 0 Å². The standard InChI is InChI=1S/C18H17Cl2NO/c1-21(2)12-14-5-3-4-13(10-14)6-9-18(22)16-8-7-15(19)11-17(16)20/h3-11H,12H2,1-2H3/b9-6+. The van der Waals surface area contributed by atoms with Crippen LogP contribution in [0.15, 0.2) is 48.5 Å². The lowest BCUT2D eigenvalue weighted by Crippen LogP contribution is -2.10. The maximum Gasteiger partial charge on any atom is 0.187 e. The first-order valence-electron chi connectivity index (χ1n) is 6.87. The molecular formula is C18H17Cl2NO. The molecule has 0 saturated heterocycles. The van der Waals surface area contributed by atoms with E-state index < -0.39 is 0 Å². The Balaban J connectivity index is 2.15. The van der Waals surface area contributed by atoms with Crippen molar-refractivity contribution in [1.82, 2.24) is 4.90 Å². The maximum absolute atomic E-state index is 12.2. The number of benzene rings is 2. The molecule has 2 nitrogen and oxygen atoms in total. The Hall–Kier alpha value is -1.61. The number of hydrogen-bond donors (Lipinski definition) is 0. The van der Waals surface area contributed by atoms with Crippen molar-refractivity contribution in [2.24, 2.45) is 0 Å². The number of rotatable bonds is 5. The number of allylic oxidation sites excluding steroid dienone is 1. The average molecular weight is 334 g/mol. The molecule has 22 heavy (non-hydrogen) atoms. The molecular weight excluding hydrogens is 317 g/mol. The van der Waals surface area contributed by atoms with E-state index in [-0.39, 0.29) is 5.78 Å². The van der Waals surface area contributed by atoms with Crippen LogP contribution in [0.1, 0.15) is 21.5 Å². The van der Waals surface area contributed by atoms with Crippen LogP contribution in [-0.4, -0.2) is 24.8 Å². The zero-order valence-corrected chi connectivity index (χ0v) is 14.0. The number of ketones is 1. The summed E-state index contributed by atoms with van der Waals surface area (Å²) in [5.41, 5.74) is 2.63. The predicted molar refractivity (Wildman–Crippen MR) is 93.7 cm³/mol. The van der Waals surface area contributed by atoms with E-state index in [0.717, 1.165) is 12.1 Å². The quantitative estimate of drug-likeness (QED) is 0.569. The molecule has 0 saturated carbocycles. The lowest BCUT2D eigenvalue weighted by Gasteiger charge is -2.09. The second kappa shape index (κ2) is 7.59. The van der Waals surface area contributed by atoms with Gasteiger partial charge >= 0.3 is 0 Å². The van der Waals surface area contributed by atoms with Gasteiger partial charge in [0.15, 0.2) is 5.78 Å². The van der Waals surface area contributed by atoms with Crippen molar-refractivity contribution in [3.63, 3.8) is 0 Å². The third-order valence-electron chi connectivity index (χ3n) is 3.07. The van der Waals surface area contributed by atoms with Gasteiger partial charge in [-0.05, 0) is 49.5 Å². The molecule has 0 aliphatic carbocycles. The van der Waals surface area contributed by atoms with E-state index in [9.17, 15) is 4.79 Å².